The van der Waals surface area contributed by atoms with Crippen molar-refractivity contribution in [3.63, 3.8) is 0 Å². The van der Waals surface area contributed by atoms with Crippen LogP contribution in [0.4, 0.5) is 0 Å². The van der Waals surface area contributed by atoms with Gasteiger partial charge in [-0.1, -0.05) is 48.9 Å². The Morgan fingerprint density at radius 2 is 1.77 bits per heavy atom. The minimum absolute atomic E-state index is 0.0565. The third kappa shape index (κ3) is 7.07. The van der Waals surface area contributed by atoms with E-state index in [1.807, 2.05) is 43.3 Å². The summed E-state index contributed by atoms with van der Waals surface area (Å²) in [6.07, 6.45) is 3.23. The third-order valence-electron chi connectivity index (χ3n) is 5.80. The highest BCUT2D eigenvalue weighted by Crippen LogP contribution is 2.22. The summed E-state index contributed by atoms with van der Waals surface area (Å²) in [5.41, 5.74) is 2.24. The van der Waals surface area contributed by atoms with Gasteiger partial charge in [0, 0.05) is 13.0 Å². The van der Waals surface area contributed by atoms with Crippen molar-refractivity contribution < 1.29 is 14.3 Å². The number of hydrogen-bond acceptors (Lipinski definition) is 5. The Kier molecular flexibility index (Phi) is 8.90. The largest absolute Gasteiger partial charge is 0.476 e. The number of esters is 1. The highest BCUT2D eigenvalue weighted by atomic mass is 16.6. The molecule has 0 saturated carbocycles. The molecule has 0 saturated heterocycles. The van der Waals surface area contributed by atoms with Gasteiger partial charge in [0.05, 0.1) is 13.2 Å². The number of benzene rings is 2. The van der Waals surface area contributed by atoms with Crippen molar-refractivity contribution in [3.8, 4) is 5.75 Å². The molecule has 1 aromatic heterocycles. The van der Waals surface area contributed by atoms with E-state index in [9.17, 15) is 9.59 Å². The van der Waals surface area contributed by atoms with E-state index < -0.39 is 5.60 Å². The third-order valence-corrected chi connectivity index (χ3v) is 5.80. The summed E-state index contributed by atoms with van der Waals surface area (Å²) in [7, 11) is 0. The lowest BCUT2D eigenvalue weighted by Gasteiger charge is -2.24. The van der Waals surface area contributed by atoms with E-state index in [0.717, 1.165) is 36.2 Å². The fraction of sp³-hybridized carbons (Fsp3) is 0.464. The summed E-state index contributed by atoms with van der Waals surface area (Å²) in [6, 6.07) is 15.9. The van der Waals surface area contributed by atoms with E-state index in [4.69, 9.17) is 9.47 Å². The standard InChI is InChI=1S/C28H37N3O4/c1-6-18-30-25(29-31(27(30)33)20-23-16-14-21(3)15-17-23)13-9-11-22-10-8-12-24(19-22)35-28(4,5)26(32)34-7-2/h8,10,12,14-17,19H,6-7,9,11,13,18,20H2,1-5H3. The van der Waals surface area contributed by atoms with Crippen LogP contribution >= 0.6 is 0 Å². The summed E-state index contributed by atoms with van der Waals surface area (Å²) in [5.74, 6) is 1.06. The molecule has 7 nitrogen and oxygen atoms in total. The molecule has 0 aliphatic rings. The van der Waals surface area contributed by atoms with Gasteiger partial charge >= 0.3 is 11.7 Å². The number of nitrogens with zero attached hydrogens (tertiary/aromatic N) is 3. The first kappa shape index (κ1) is 26.3. The quantitative estimate of drug-likeness (QED) is 0.352. The van der Waals surface area contributed by atoms with Crippen molar-refractivity contribution in [2.24, 2.45) is 0 Å². The van der Waals surface area contributed by atoms with E-state index in [1.54, 1.807) is 30.0 Å². The van der Waals surface area contributed by atoms with Crippen LogP contribution in [0.25, 0.3) is 0 Å². The average Bonchev–Trinajstić information content (AvgIpc) is 3.10. The van der Waals surface area contributed by atoms with Gasteiger partial charge in [0.2, 0.25) is 0 Å². The van der Waals surface area contributed by atoms with Gasteiger partial charge in [0.25, 0.3) is 0 Å². The lowest BCUT2D eigenvalue weighted by atomic mass is 10.1. The number of hydrogen-bond donors (Lipinski definition) is 0. The Morgan fingerprint density at radius 1 is 1.03 bits per heavy atom. The van der Waals surface area contributed by atoms with Crippen molar-refractivity contribution in [2.45, 2.75) is 79.0 Å². The molecule has 188 valence electrons. The van der Waals surface area contributed by atoms with Crippen molar-refractivity contribution in [2.75, 3.05) is 6.61 Å². The zero-order valence-corrected chi connectivity index (χ0v) is 21.5. The number of rotatable bonds is 12. The number of aromatic nitrogens is 3. The molecule has 0 N–H and O–H groups in total. The Bertz CT molecular complexity index is 1180. The molecule has 3 rings (SSSR count). The zero-order valence-electron chi connectivity index (χ0n) is 21.5. The molecule has 0 amide bonds. The Balaban J connectivity index is 1.66. The molecule has 0 radical (unpaired) electrons. The second-order valence-corrected chi connectivity index (χ2v) is 9.33. The fourth-order valence-corrected chi connectivity index (χ4v) is 3.94. The summed E-state index contributed by atoms with van der Waals surface area (Å²) >= 11 is 0. The Morgan fingerprint density at radius 3 is 2.46 bits per heavy atom. The molecule has 2 aromatic carbocycles. The van der Waals surface area contributed by atoms with Gasteiger partial charge in [0.15, 0.2) is 5.60 Å². The van der Waals surface area contributed by atoms with Gasteiger partial charge < -0.3 is 9.47 Å². The van der Waals surface area contributed by atoms with Gasteiger partial charge in [-0.15, -0.1) is 0 Å². The summed E-state index contributed by atoms with van der Waals surface area (Å²) in [5, 5.41) is 4.67. The maximum Gasteiger partial charge on any atom is 0.349 e. The normalized spacial score (nSPS) is 11.5. The molecule has 0 aliphatic heterocycles. The van der Waals surface area contributed by atoms with Crippen LogP contribution < -0.4 is 10.4 Å². The Labute approximate surface area is 207 Å². The molecule has 0 bridgehead atoms. The number of carbonyl (C=O) groups excluding carboxylic acids is 1. The first-order valence-electron chi connectivity index (χ1n) is 12.4. The van der Waals surface area contributed by atoms with Crippen LogP contribution in [0, 0.1) is 6.92 Å². The van der Waals surface area contributed by atoms with Crippen molar-refractivity contribution >= 4 is 5.97 Å². The predicted molar refractivity (Wildman–Crippen MR) is 137 cm³/mol. The molecular weight excluding hydrogens is 442 g/mol. The molecule has 3 aromatic rings. The van der Waals surface area contributed by atoms with Crippen LogP contribution in [0.5, 0.6) is 5.75 Å². The molecular formula is C28H37N3O4. The van der Waals surface area contributed by atoms with Crippen molar-refractivity contribution in [1.29, 1.82) is 0 Å². The predicted octanol–water partition coefficient (Wildman–Crippen LogP) is 4.71. The average molecular weight is 480 g/mol. The van der Waals surface area contributed by atoms with Crippen LogP contribution in [-0.2, 0) is 35.5 Å². The number of carbonyl (C=O) groups is 1. The van der Waals surface area contributed by atoms with Gasteiger partial charge in [0.1, 0.15) is 11.6 Å². The minimum Gasteiger partial charge on any atom is -0.476 e. The van der Waals surface area contributed by atoms with Gasteiger partial charge in [-0.25, -0.2) is 14.3 Å². The zero-order chi connectivity index (χ0) is 25.4. The van der Waals surface area contributed by atoms with E-state index in [-0.39, 0.29) is 11.7 Å². The maximum absolute atomic E-state index is 13.0. The van der Waals surface area contributed by atoms with Gasteiger partial charge in [-0.3, -0.25) is 4.57 Å². The molecule has 0 atom stereocenters. The first-order chi connectivity index (χ1) is 16.7. The summed E-state index contributed by atoms with van der Waals surface area (Å²) in [6.45, 7) is 10.8. The molecule has 1 heterocycles. The highest BCUT2D eigenvalue weighted by Gasteiger charge is 2.31. The van der Waals surface area contributed by atoms with E-state index in [2.05, 4.69) is 24.2 Å². The Hall–Kier alpha value is -3.35. The summed E-state index contributed by atoms with van der Waals surface area (Å²) in [4.78, 5) is 25.1. The van der Waals surface area contributed by atoms with Gasteiger partial charge in [-0.2, -0.15) is 5.10 Å². The molecule has 7 heteroatoms. The van der Waals surface area contributed by atoms with Crippen LogP contribution in [0.3, 0.4) is 0 Å². The molecule has 0 fully saturated rings. The number of ether oxygens (including phenoxy) is 2. The molecule has 35 heavy (non-hydrogen) atoms. The molecule has 0 unspecified atom stereocenters. The number of aryl methyl sites for hydroxylation is 3. The highest BCUT2D eigenvalue weighted by molar-refractivity contribution is 5.79. The lowest BCUT2D eigenvalue weighted by molar-refractivity contribution is -0.158. The van der Waals surface area contributed by atoms with E-state index in [1.165, 1.54) is 5.56 Å². The van der Waals surface area contributed by atoms with Crippen LogP contribution in [0.15, 0.2) is 53.3 Å². The van der Waals surface area contributed by atoms with E-state index >= 15 is 0 Å². The SMILES string of the molecule is CCCn1c(CCCc2cccc(OC(C)(C)C(=O)OCC)c2)nn(Cc2ccc(C)cc2)c1=O. The topological polar surface area (TPSA) is 75.3 Å². The maximum atomic E-state index is 13.0. The van der Waals surface area contributed by atoms with Gasteiger partial charge in [-0.05, 0) is 70.2 Å². The smallest absolute Gasteiger partial charge is 0.349 e. The van der Waals surface area contributed by atoms with Crippen LogP contribution in [-0.4, -0.2) is 32.5 Å². The minimum atomic E-state index is -1.06. The summed E-state index contributed by atoms with van der Waals surface area (Å²) < 4.78 is 14.4. The van der Waals surface area contributed by atoms with Crippen molar-refractivity contribution in [1.82, 2.24) is 14.3 Å². The fourth-order valence-electron chi connectivity index (χ4n) is 3.94. The second-order valence-electron chi connectivity index (χ2n) is 9.33. The first-order valence-corrected chi connectivity index (χ1v) is 12.4. The lowest BCUT2D eigenvalue weighted by Crippen LogP contribution is -2.39. The molecule has 0 spiro atoms. The monoisotopic (exact) mass is 479 g/mol. The van der Waals surface area contributed by atoms with Crippen LogP contribution in [0.2, 0.25) is 0 Å². The molecule has 0 aliphatic carbocycles. The van der Waals surface area contributed by atoms with E-state index in [0.29, 0.717) is 31.9 Å². The van der Waals surface area contributed by atoms with Crippen LogP contribution in [0.1, 0.15) is 63.1 Å². The second kappa shape index (κ2) is 11.9. The van der Waals surface area contributed by atoms with Crippen molar-refractivity contribution in [3.05, 3.63) is 81.5 Å².